The molecule has 19 heavy (non-hydrogen) atoms. The smallest absolute Gasteiger partial charge is 0.241 e. The molecule has 0 saturated heterocycles. The van der Waals surface area contributed by atoms with Crippen LogP contribution in [-0.2, 0) is 4.79 Å². The van der Waals surface area contributed by atoms with Crippen molar-refractivity contribution < 1.29 is 4.79 Å². The third-order valence-electron chi connectivity index (χ3n) is 2.87. The molecule has 1 aromatic carbocycles. The standard InChI is InChI=1S/C12H16N6O/c1-3-10(13)12(19)15-11-6-9(5-4-8(11)2)18-7-14-16-17-18/h4-7,10H,3,13H2,1-2H3,(H,15,19)/t10-/m0/s1. The molecule has 7 heteroatoms. The van der Waals surface area contributed by atoms with Crippen LogP contribution in [0.3, 0.4) is 0 Å². The molecule has 2 aromatic rings. The summed E-state index contributed by atoms with van der Waals surface area (Å²) in [5.74, 6) is -0.195. The van der Waals surface area contributed by atoms with Crippen molar-refractivity contribution in [1.29, 1.82) is 0 Å². The average Bonchev–Trinajstić information content (AvgIpc) is 2.94. The summed E-state index contributed by atoms with van der Waals surface area (Å²) in [4.78, 5) is 11.8. The van der Waals surface area contributed by atoms with E-state index in [1.807, 2.05) is 32.0 Å². The highest BCUT2D eigenvalue weighted by Crippen LogP contribution is 2.19. The maximum Gasteiger partial charge on any atom is 0.241 e. The lowest BCUT2D eigenvalue weighted by molar-refractivity contribution is -0.117. The van der Waals surface area contributed by atoms with Gasteiger partial charge in [0, 0.05) is 5.69 Å². The molecule has 0 fully saturated rings. The largest absolute Gasteiger partial charge is 0.324 e. The van der Waals surface area contributed by atoms with E-state index in [4.69, 9.17) is 5.73 Å². The van der Waals surface area contributed by atoms with Crippen LogP contribution >= 0.6 is 0 Å². The van der Waals surface area contributed by atoms with Crippen molar-refractivity contribution >= 4 is 11.6 Å². The fraction of sp³-hybridized carbons (Fsp3) is 0.333. The molecule has 100 valence electrons. The Hall–Kier alpha value is -2.28. The van der Waals surface area contributed by atoms with E-state index in [1.54, 1.807) is 0 Å². The first-order valence-corrected chi connectivity index (χ1v) is 6.02. The third kappa shape index (κ3) is 2.94. The second-order valence-electron chi connectivity index (χ2n) is 4.26. The Morgan fingerprint density at radius 2 is 2.32 bits per heavy atom. The summed E-state index contributed by atoms with van der Waals surface area (Å²) in [7, 11) is 0. The number of carbonyl (C=O) groups is 1. The fourth-order valence-corrected chi connectivity index (χ4v) is 1.58. The third-order valence-corrected chi connectivity index (χ3v) is 2.87. The lowest BCUT2D eigenvalue weighted by Crippen LogP contribution is -2.35. The number of amides is 1. The summed E-state index contributed by atoms with van der Waals surface area (Å²) >= 11 is 0. The van der Waals surface area contributed by atoms with Crippen molar-refractivity contribution in [2.24, 2.45) is 5.73 Å². The van der Waals surface area contributed by atoms with Gasteiger partial charge >= 0.3 is 0 Å². The average molecular weight is 260 g/mol. The number of hydrogen-bond donors (Lipinski definition) is 2. The van der Waals surface area contributed by atoms with Gasteiger partial charge in [-0.05, 0) is 41.5 Å². The summed E-state index contributed by atoms with van der Waals surface area (Å²) in [6.07, 6.45) is 2.09. The zero-order valence-corrected chi connectivity index (χ0v) is 10.9. The van der Waals surface area contributed by atoms with Crippen LogP contribution in [0.25, 0.3) is 5.69 Å². The summed E-state index contributed by atoms with van der Waals surface area (Å²) in [5.41, 5.74) is 8.13. The first-order valence-electron chi connectivity index (χ1n) is 6.02. The van der Waals surface area contributed by atoms with Crippen LogP contribution in [0.4, 0.5) is 5.69 Å². The molecule has 0 unspecified atom stereocenters. The number of aryl methyl sites for hydroxylation is 1. The molecular weight excluding hydrogens is 244 g/mol. The van der Waals surface area contributed by atoms with Crippen molar-refractivity contribution in [2.45, 2.75) is 26.3 Å². The highest BCUT2D eigenvalue weighted by molar-refractivity contribution is 5.95. The summed E-state index contributed by atoms with van der Waals surface area (Å²) in [5, 5.41) is 13.8. The zero-order chi connectivity index (χ0) is 13.8. The van der Waals surface area contributed by atoms with E-state index in [0.29, 0.717) is 12.1 Å². The summed E-state index contributed by atoms with van der Waals surface area (Å²) < 4.78 is 1.52. The fourth-order valence-electron chi connectivity index (χ4n) is 1.58. The van der Waals surface area contributed by atoms with E-state index in [0.717, 1.165) is 11.3 Å². The first-order chi connectivity index (χ1) is 9.11. The van der Waals surface area contributed by atoms with Gasteiger partial charge in [0.15, 0.2) is 0 Å². The Bertz CT molecular complexity index is 566. The lowest BCUT2D eigenvalue weighted by atomic mass is 10.1. The Labute approximate surface area is 110 Å². The SMILES string of the molecule is CC[C@H](N)C(=O)Nc1cc(-n2cnnn2)ccc1C. The molecule has 0 aliphatic heterocycles. The van der Waals surface area contributed by atoms with Gasteiger partial charge in [0.25, 0.3) is 0 Å². The van der Waals surface area contributed by atoms with Crippen LogP contribution in [0.15, 0.2) is 24.5 Å². The van der Waals surface area contributed by atoms with E-state index in [9.17, 15) is 4.79 Å². The Balaban J connectivity index is 2.25. The molecule has 0 bridgehead atoms. The topological polar surface area (TPSA) is 98.7 Å². The Kier molecular flexibility index (Phi) is 3.86. The first kappa shape index (κ1) is 13.2. The van der Waals surface area contributed by atoms with Gasteiger partial charge in [0.05, 0.1) is 11.7 Å². The molecule has 1 amide bonds. The lowest BCUT2D eigenvalue weighted by Gasteiger charge is -2.13. The Morgan fingerprint density at radius 3 is 2.95 bits per heavy atom. The predicted molar refractivity (Wildman–Crippen MR) is 70.8 cm³/mol. The number of tetrazole rings is 1. The minimum absolute atomic E-state index is 0.195. The normalized spacial score (nSPS) is 12.2. The van der Waals surface area contributed by atoms with Crippen molar-refractivity contribution in [3.63, 3.8) is 0 Å². The molecule has 0 aliphatic rings. The molecule has 2 rings (SSSR count). The molecule has 1 aromatic heterocycles. The van der Waals surface area contributed by atoms with Gasteiger partial charge in [0.1, 0.15) is 6.33 Å². The predicted octanol–water partition coefficient (Wildman–Crippen LogP) is 0.647. The number of nitrogens with one attached hydrogen (secondary N) is 1. The van der Waals surface area contributed by atoms with E-state index in [2.05, 4.69) is 20.8 Å². The monoisotopic (exact) mass is 260 g/mol. The van der Waals surface area contributed by atoms with Crippen LogP contribution in [-0.4, -0.2) is 32.2 Å². The van der Waals surface area contributed by atoms with Crippen LogP contribution in [0.5, 0.6) is 0 Å². The summed E-state index contributed by atoms with van der Waals surface area (Å²) in [6, 6.07) is 5.08. The van der Waals surface area contributed by atoms with Gasteiger partial charge in [-0.2, -0.15) is 0 Å². The number of nitrogens with zero attached hydrogens (tertiary/aromatic N) is 4. The molecule has 3 N–H and O–H groups in total. The van der Waals surface area contributed by atoms with Gasteiger partial charge in [-0.25, -0.2) is 4.68 Å². The maximum atomic E-state index is 11.8. The minimum atomic E-state index is -0.504. The van der Waals surface area contributed by atoms with Gasteiger partial charge in [-0.15, -0.1) is 5.10 Å². The van der Waals surface area contributed by atoms with Crippen molar-refractivity contribution in [3.05, 3.63) is 30.1 Å². The van der Waals surface area contributed by atoms with E-state index < -0.39 is 6.04 Å². The number of carbonyl (C=O) groups excluding carboxylic acids is 1. The molecule has 1 heterocycles. The molecule has 0 saturated carbocycles. The van der Waals surface area contributed by atoms with Gasteiger partial charge in [0.2, 0.25) is 5.91 Å². The second kappa shape index (κ2) is 5.57. The van der Waals surface area contributed by atoms with E-state index in [1.165, 1.54) is 11.0 Å². The van der Waals surface area contributed by atoms with Gasteiger partial charge < -0.3 is 11.1 Å². The number of hydrogen-bond acceptors (Lipinski definition) is 5. The van der Waals surface area contributed by atoms with E-state index >= 15 is 0 Å². The number of nitrogens with two attached hydrogens (primary N) is 1. The number of aromatic nitrogens is 4. The number of rotatable bonds is 4. The van der Waals surface area contributed by atoms with Gasteiger partial charge in [-0.1, -0.05) is 13.0 Å². The zero-order valence-electron chi connectivity index (χ0n) is 10.9. The minimum Gasteiger partial charge on any atom is -0.324 e. The summed E-state index contributed by atoms with van der Waals surface area (Å²) in [6.45, 7) is 3.78. The molecular formula is C12H16N6O. The van der Waals surface area contributed by atoms with Crippen LogP contribution < -0.4 is 11.1 Å². The molecule has 7 nitrogen and oxygen atoms in total. The van der Waals surface area contributed by atoms with E-state index in [-0.39, 0.29) is 5.91 Å². The van der Waals surface area contributed by atoms with Crippen molar-refractivity contribution in [1.82, 2.24) is 20.2 Å². The van der Waals surface area contributed by atoms with Crippen molar-refractivity contribution in [2.75, 3.05) is 5.32 Å². The molecule has 0 radical (unpaired) electrons. The number of benzene rings is 1. The number of anilines is 1. The second-order valence-corrected chi connectivity index (χ2v) is 4.26. The highest BCUT2D eigenvalue weighted by atomic mass is 16.2. The highest BCUT2D eigenvalue weighted by Gasteiger charge is 2.12. The van der Waals surface area contributed by atoms with Crippen LogP contribution in [0.1, 0.15) is 18.9 Å². The molecule has 1 atom stereocenters. The van der Waals surface area contributed by atoms with Crippen molar-refractivity contribution in [3.8, 4) is 5.69 Å². The van der Waals surface area contributed by atoms with Crippen LogP contribution in [0, 0.1) is 6.92 Å². The van der Waals surface area contributed by atoms with Gasteiger partial charge in [-0.3, -0.25) is 4.79 Å². The molecule has 0 aliphatic carbocycles. The van der Waals surface area contributed by atoms with Crippen LogP contribution in [0.2, 0.25) is 0 Å². The Morgan fingerprint density at radius 1 is 1.53 bits per heavy atom. The molecule has 0 spiro atoms. The maximum absolute atomic E-state index is 11.8. The quantitative estimate of drug-likeness (QED) is 0.840.